The van der Waals surface area contributed by atoms with E-state index in [1.807, 2.05) is 36.5 Å². The highest BCUT2D eigenvalue weighted by molar-refractivity contribution is 9.10. The van der Waals surface area contributed by atoms with Gasteiger partial charge in [-0.05, 0) is 33.1 Å². The van der Waals surface area contributed by atoms with E-state index in [2.05, 4.69) is 20.9 Å². The molecule has 0 bridgehead atoms. The zero-order valence-corrected chi connectivity index (χ0v) is 11.5. The van der Waals surface area contributed by atoms with Crippen molar-refractivity contribution in [1.82, 2.24) is 4.98 Å². The van der Waals surface area contributed by atoms with Crippen molar-refractivity contribution >= 4 is 21.9 Å². The fourth-order valence-electron chi connectivity index (χ4n) is 1.55. The van der Waals surface area contributed by atoms with Crippen LogP contribution in [0.15, 0.2) is 47.2 Å². The van der Waals surface area contributed by atoms with Crippen molar-refractivity contribution in [2.75, 3.05) is 0 Å². The Balaban J connectivity index is 2.14. The Morgan fingerprint density at radius 3 is 2.56 bits per heavy atom. The molecule has 0 radical (unpaired) electrons. The summed E-state index contributed by atoms with van der Waals surface area (Å²) in [7, 11) is 0. The minimum atomic E-state index is -0.268. The first kappa shape index (κ1) is 12.8. The van der Waals surface area contributed by atoms with Gasteiger partial charge in [0.05, 0.1) is 0 Å². The molecule has 1 aromatic heterocycles. The summed E-state index contributed by atoms with van der Waals surface area (Å²) >= 11 is 3.39. The predicted molar refractivity (Wildman–Crippen MR) is 72.8 cm³/mol. The minimum absolute atomic E-state index is 0.268. The van der Waals surface area contributed by atoms with Gasteiger partial charge in [0.1, 0.15) is 6.61 Å². The second-order valence-electron chi connectivity index (χ2n) is 3.87. The van der Waals surface area contributed by atoms with Gasteiger partial charge in [0.25, 0.3) is 0 Å². The highest BCUT2D eigenvalue weighted by atomic mass is 79.9. The number of rotatable bonds is 3. The van der Waals surface area contributed by atoms with Crippen molar-refractivity contribution < 1.29 is 9.53 Å². The van der Waals surface area contributed by atoms with Gasteiger partial charge in [-0.15, -0.1) is 0 Å². The van der Waals surface area contributed by atoms with Crippen LogP contribution in [-0.4, -0.2) is 11.0 Å². The molecular formula is C14H12BrNO2. The maximum absolute atomic E-state index is 10.7. The molecule has 4 heteroatoms. The molecule has 0 aliphatic rings. The van der Waals surface area contributed by atoms with Crippen molar-refractivity contribution in [3.8, 4) is 11.1 Å². The maximum Gasteiger partial charge on any atom is 0.302 e. The lowest BCUT2D eigenvalue weighted by Gasteiger charge is -2.05. The number of ether oxygens (including phenoxy) is 1. The van der Waals surface area contributed by atoms with Crippen molar-refractivity contribution in [3.63, 3.8) is 0 Å². The van der Waals surface area contributed by atoms with Crippen LogP contribution in [0, 0.1) is 0 Å². The Morgan fingerprint density at radius 1 is 1.22 bits per heavy atom. The average Bonchev–Trinajstić information content (AvgIpc) is 2.37. The van der Waals surface area contributed by atoms with E-state index in [1.54, 1.807) is 6.20 Å². The predicted octanol–water partition coefficient (Wildman–Crippen LogP) is 3.57. The van der Waals surface area contributed by atoms with Gasteiger partial charge in [-0.3, -0.25) is 9.78 Å². The normalized spacial score (nSPS) is 10.1. The molecule has 0 aliphatic heterocycles. The van der Waals surface area contributed by atoms with Gasteiger partial charge in [0, 0.05) is 29.4 Å². The van der Waals surface area contributed by atoms with Crippen LogP contribution in [0.2, 0.25) is 0 Å². The van der Waals surface area contributed by atoms with E-state index in [0.717, 1.165) is 21.2 Å². The summed E-state index contributed by atoms with van der Waals surface area (Å²) in [6.07, 6.45) is 3.56. The van der Waals surface area contributed by atoms with Gasteiger partial charge in [-0.1, -0.05) is 24.3 Å². The van der Waals surface area contributed by atoms with E-state index in [9.17, 15) is 4.79 Å². The van der Waals surface area contributed by atoms with Gasteiger partial charge in [-0.2, -0.15) is 0 Å². The number of esters is 1. The summed E-state index contributed by atoms with van der Waals surface area (Å²) in [5.74, 6) is -0.268. The summed E-state index contributed by atoms with van der Waals surface area (Å²) in [5.41, 5.74) is 3.09. The summed E-state index contributed by atoms with van der Waals surface area (Å²) in [6.45, 7) is 1.72. The highest BCUT2D eigenvalue weighted by Crippen LogP contribution is 2.22. The summed E-state index contributed by atoms with van der Waals surface area (Å²) in [6, 6.07) is 9.87. The lowest BCUT2D eigenvalue weighted by atomic mass is 10.1. The van der Waals surface area contributed by atoms with Crippen molar-refractivity contribution in [2.24, 2.45) is 0 Å². The Bertz CT molecular complexity index is 552. The third-order valence-electron chi connectivity index (χ3n) is 2.43. The number of halogens is 1. The molecule has 0 saturated heterocycles. The third-order valence-corrected chi connectivity index (χ3v) is 2.87. The number of carbonyl (C=O) groups excluding carboxylic acids is 1. The minimum Gasteiger partial charge on any atom is -0.461 e. The van der Waals surface area contributed by atoms with Gasteiger partial charge in [0.15, 0.2) is 0 Å². The van der Waals surface area contributed by atoms with Crippen LogP contribution in [0.25, 0.3) is 11.1 Å². The lowest BCUT2D eigenvalue weighted by molar-refractivity contribution is -0.142. The molecule has 0 unspecified atom stereocenters. The highest BCUT2D eigenvalue weighted by Gasteiger charge is 2.00. The largest absolute Gasteiger partial charge is 0.461 e. The van der Waals surface area contributed by atoms with Crippen molar-refractivity contribution in [2.45, 2.75) is 13.5 Å². The lowest BCUT2D eigenvalue weighted by Crippen LogP contribution is -1.98. The summed E-state index contributed by atoms with van der Waals surface area (Å²) < 4.78 is 5.88. The van der Waals surface area contributed by atoms with E-state index in [0.29, 0.717) is 6.61 Å². The standard InChI is InChI=1S/C14H12BrNO2/c1-10(17)18-9-11-2-4-12(5-3-11)13-6-14(15)8-16-7-13/h2-8H,9H2,1H3. The number of carbonyl (C=O) groups is 1. The molecule has 0 spiro atoms. The van der Waals surface area contributed by atoms with Gasteiger partial charge >= 0.3 is 5.97 Å². The van der Waals surface area contributed by atoms with Gasteiger partial charge in [0.2, 0.25) is 0 Å². The molecule has 0 amide bonds. The fourth-order valence-corrected chi connectivity index (χ4v) is 1.91. The van der Waals surface area contributed by atoms with E-state index >= 15 is 0 Å². The number of nitrogens with zero attached hydrogens (tertiary/aromatic N) is 1. The number of pyridine rings is 1. The van der Waals surface area contributed by atoms with E-state index < -0.39 is 0 Å². The van der Waals surface area contributed by atoms with Crippen LogP contribution in [0.4, 0.5) is 0 Å². The first-order valence-electron chi connectivity index (χ1n) is 5.48. The zero-order chi connectivity index (χ0) is 13.0. The Labute approximate surface area is 114 Å². The number of aromatic nitrogens is 1. The van der Waals surface area contributed by atoms with Crippen LogP contribution in [0.1, 0.15) is 12.5 Å². The topological polar surface area (TPSA) is 39.2 Å². The number of hydrogen-bond donors (Lipinski definition) is 0. The second-order valence-corrected chi connectivity index (χ2v) is 4.78. The van der Waals surface area contributed by atoms with Crippen LogP contribution >= 0.6 is 15.9 Å². The Kier molecular flexibility index (Phi) is 4.10. The second kappa shape index (κ2) is 5.78. The average molecular weight is 306 g/mol. The first-order chi connectivity index (χ1) is 8.65. The smallest absolute Gasteiger partial charge is 0.302 e. The Hall–Kier alpha value is -1.68. The molecule has 0 fully saturated rings. The molecule has 1 heterocycles. The van der Waals surface area contributed by atoms with Crippen molar-refractivity contribution in [1.29, 1.82) is 0 Å². The number of hydrogen-bond acceptors (Lipinski definition) is 3. The Morgan fingerprint density at radius 2 is 1.94 bits per heavy atom. The molecule has 18 heavy (non-hydrogen) atoms. The van der Waals surface area contributed by atoms with E-state index in [-0.39, 0.29) is 5.97 Å². The molecule has 2 rings (SSSR count). The molecule has 92 valence electrons. The maximum atomic E-state index is 10.7. The molecule has 3 nitrogen and oxygen atoms in total. The molecule has 0 aliphatic carbocycles. The quantitative estimate of drug-likeness (QED) is 0.814. The summed E-state index contributed by atoms with van der Waals surface area (Å²) in [5, 5.41) is 0. The fraction of sp³-hybridized carbons (Fsp3) is 0.143. The zero-order valence-electron chi connectivity index (χ0n) is 9.89. The first-order valence-corrected chi connectivity index (χ1v) is 6.27. The van der Waals surface area contributed by atoms with Crippen LogP contribution in [0.5, 0.6) is 0 Å². The van der Waals surface area contributed by atoms with E-state index in [1.165, 1.54) is 6.92 Å². The molecular weight excluding hydrogens is 294 g/mol. The van der Waals surface area contributed by atoms with Crippen LogP contribution < -0.4 is 0 Å². The van der Waals surface area contributed by atoms with Gasteiger partial charge in [-0.25, -0.2) is 0 Å². The molecule has 0 atom stereocenters. The third kappa shape index (κ3) is 3.40. The molecule has 2 aromatic rings. The molecule has 0 saturated carbocycles. The molecule has 1 aromatic carbocycles. The monoisotopic (exact) mass is 305 g/mol. The van der Waals surface area contributed by atoms with Gasteiger partial charge < -0.3 is 4.74 Å². The SMILES string of the molecule is CC(=O)OCc1ccc(-c2cncc(Br)c2)cc1. The van der Waals surface area contributed by atoms with Crippen molar-refractivity contribution in [3.05, 3.63) is 52.8 Å². The summed E-state index contributed by atoms with van der Waals surface area (Å²) in [4.78, 5) is 14.8. The molecule has 0 N–H and O–H groups in total. The number of benzene rings is 1. The van der Waals surface area contributed by atoms with E-state index in [4.69, 9.17) is 4.74 Å². The van der Waals surface area contributed by atoms with Crippen LogP contribution in [-0.2, 0) is 16.1 Å². The van der Waals surface area contributed by atoms with Crippen LogP contribution in [0.3, 0.4) is 0 Å².